The van der Waals surface area contributed by atoms with E-state index in [2.05, 4.69) is 15.1 Å². The van der Waals surface area contributed by atoms with Crippen LogP contribution in [-0.4, -0.2) is 31.4 Å². The van der Waals surface area contributed by atoms with Crippen LogP contribution < -0.4 is 5.73 Å². The highest BCUT2D eigenvalue weighted by atomic mass is 35.5. The number of aryl methyl sites for hydroxylation is 1. The zero-order valence-corrected chi connectivity index (χ0v) is 14.1. The SMILES string of the molecule is Cn1cc(CC(=O)c2cccc(-c3cnccc3Cl)n2)c(C(N)=O)n1. The Bertz CT molecular complexity index is 967. The van der Waals surface area contributed by atoms with Crippen LogP contribution in [0.25, 0.3) is 11.3 Å². The fourth-order valence-electron chi connectivity index (χ4n) is 2.44. The summed E-state index contributed by atoms with van der Waals surface area (Å²) in [5, 5.41) is 4.47. The van der Waals surface area contributed by atoms with E-state index < -0.39 is 5.91 Å². The van der Waals surface area contributed by atoms with Gasteiger partial charge in [-0.1, -0.05) is 17.7 Å². The summed E-state index contributed by atoms with van der Waals surface area (Å²) in [4.78, 5) is 32.4. The molecule has 0 atom stereocenters. The summed E-state index contributed by atoms with van der Waals surface area (Å²) in [7, 11) is 1.66. The molecule has 0 radical (unpaired) electrons. The fraction of sp³-hybridized carbons (Fsp3) is 0.118. The first kappa shape index (κ1) is 16.8. The number of hydrogen-bond acceptors (Lipinski definition) is 5. The van der Waals surface area contributed by atoms with Crippen LogP contribution in [0.1, 0.15) is 26.5 Å². The van der Waals surface area contributed by atoms with Gasteiger partial charge in [0.1, 0.15) is 5.69 Å². The molecule has 3 aromatic rings. The number of Topliss-reactive ketones (excluding diaryl/α,β-unsaturated/α-hetero) is 1. The van der Waals surface area contributed by atoms with Crippen molar-refractivity contribution in [2.24, 2.45) is 12.8 Å². The van der Waals surface area contributed by atoms with Gasteiger partial charge in [0.2, 0.25) is 0 Å². The number of ketones is 1. The number of nitrogens with two attached hydrogens (primary N) is 1. The van der Waals surface area contributed by atoms with Crippen molar-refractivity contribution in [3.63, 3.8) is 0 Å². The number of hydrogen-bond donors (Lipinski definition) is 1. The number of carbonyl (C=O) groups is 2. The Morgan fingerprint density at radius 1 is 1.28 bits per heavy atom. The lowest BCUT2D eigenvalue weighted by Crippen LogP contribution is -2.16. The lowest BCUT2D eigenvalue weighted by Gasteiger charge is -2.05. The molecule has 0 saturated heterocycles. The van der Waals surface area contributed by atoms with E-state index in [1.54, 1.807) is 49.9 Å². The van der Waals surface area contributed by atoms with Crippen LogP contribution in [0, 0.1) is 0 Å². The number of amides is 1. The molecule has 0 aliphatic heterocycles. The average molecular weight is 356 g/mol. The standard InChI is InChI=1S/C17H14ClN5O2/c1-23-9-10(16(22-23)17(19)25)7-15(24)14-4-2-3-13(21-14)11-8-20-6-5-12(11)18/h2-6,8-9H,7H2,1H3,(H2,19,25). The highest BCUT2D eigenvalue weighted by Gasteiger charge is 2.18. The molecule has 3 rings (SSSR count). The Hall–Kier alpha value is -3.06. The van der Waals surface area contributed by atoms with E-state index in [-0.39, 0.29) is 23.6 Å². The Morgan fingerprint density at radius 3 is 2.80 bits per heavy atom. The zero-order chi connectivity index (χ0) is 18.0. The topological polar surface area (TPSA) is 104 Å². The Kier molecular flexibility index (Phi) is 4.58. The van der Waals surface area contributed by atoms with Gasteiger partial charge in [0.15, 0.2) is 11.5 Å². The molecule has 0 bridgehead atoms. The summed E-state index contributed by atoms with van der Waals surface area (Å²) in [5.41, 5.74) is 7.29. The van der Waals surface area contributed by atoms with Gasteiger partial charge in [-0.25, -0.2) is 4.98 Å². The molecule has 2 N–H and O–H groups in total. The van der Waals surface area contributed by atoms with Crippen LogP contribution in [0.4, 0.5) is 0 Å². The quantitative estimate of drug-likeness (QED) is 0.705. The van der Waals surface area contributed by atoms with Gasteiger partial charge in [-0.2, -0.15) is 5.10 Å². The third kappa shape index (κ3) is 3.56. The zero-order valence-electron chi connectivity index (χ0n) is 13.3. The molecule has 8 heteroatoms. The number of pyridine rings is 2. The first-order valence-corrected chi connectivity index (χ1v) is 7.76. The average Bonchev–Trinajstić information content (AvgIpc) is 2.96. The monoisotopic (exact) mass is 355 g/mol. The lowest BCUT2D eigenvalue weighted by atomic mass is 10.1. The second-order valence-electron chi connectivity index (χ2n) is 5.40. The summed E-state index contributed by atoms with van der Waals surface area (Å²) >= 11 is 6.15. The summed E-state index contributed by atoms with van der Waals surface area (Å²) in [6.45, 7) is 0. The van der Waals surface area contributed by atoms with Crippen LogP contribution in [0.2, 0.25) is 5.02 Å². The predicted octanol–water partition coefficient (Wildman–Crippen LogP) is 2.05. The van der Waals surface area contributed by atoms with Crippen LogP contribution >= 0.6 is 11.6 Å². The van der Waals surface area contributed by atoms with Gasteiger partial charge in [-0.15, -0.1) is 0 Å². The number of rotatable bonds is 5. The highest BCUT2D eigenvalue weighted by Crippen LogP contribution is 2.25. The minimum atomic E-state index is -0.674. The molecular weight excluding hydrogens is 342 g/mol. The molecule has 1 amide bonds. The molecule has 25 heavy (non-hydrogen) atoms. The second kappa shape index (κ2) is 6.82. The molecule has 0 unspecified atom stereocenters. The highest BCUT2D eigenvalue weighted by molar-refractivity contribution is 6.33. The maximum atomic E-state index is 12.6. The minimum absolute atomic E-state index is 0.0245. The van der Waals surface area contributed by atoms with Gasteiger partial charge in [-0.3, -0.25) is 19.3 Å². The van der Waals surface area contributed by atoms with E-state index in [0.717, 1.165) is 0 Å². The van der Waals surface area contributed by atoms with E-state index in [1.807, 2.05) is 0 Å². The number of carbonyl (C=O) groups excluding carboxylic acids is 2. The Balaban J connectivity index is 1.90. The van der Waals surface area contributed by atoms with Crippen molar-refractivity contribution in [2.75, 3.05) is 0 Å². The number of halogens is 1. The fourth-order valence-corrected chi connectivity index (χ4v) is 2.65. The molecule has 0 aliphatic rings. The number of aromatic nitrogens is 4. The molecule has 7 nitrogen and oxygen atoms in total. The van der Waals surface area contributed by atoms with Gasteiger partial charge in [0.25, 0.3) is 5.91 Å². The van der Waals surface area contributed by atoms with Crippen molar-refractivity contribution in [1.29, 1.82) is 0 Å². The lowest BCUT2D eigenvalue weighted by molar-refractivity contribution is 0.0986. The molecular formula is C17H14ClN5O2. The van der Waals surface area contributed by atoms with Crippen molar-refractivity contribution in [2.45, 2.75) is 6.42 Å². The summed E-state index contributed by atoms with van der Waals surface area (Å²) in [5.74, 6) is -0.926. The number of primary amides is 1. The molecule has 126 valence electrons. The second-order valence-corrected chi connectivity index (χ2v) is 5.81. The van der Waals surface area contributed by atoms with Crippen LogP contribution in [0.3, 0.4) is 0 Å². The molecule has 3 heterocycles. The van der Waals surface area contributed by atoms with E-state index >= 15 is 0 Å². The van der Waals surface area contributed by atoms with Crippen LogP contribution in [-0.2, 0) is 13.5 Å². The van der Waals surface area contributed by atoms with E-state index in [4.69, 9.17) is 17.3 Å². The van der Waals surface area contributed by atoms with Gasteiger partial charge >= 0.3 is 0 Å². The van der Waals surface area contributed by atoms with Crippen molar-refractivity contribution < 1.29 is 9.59 Å². The maximum Gasteiger partial charge on any atom is 0.269 e. The van der Waals surface area contributed by atoms with Gasteiger partial charge in [-0.05, 0) is 18.2 Å². The smallest absolute Gasteiger partial charge is 0.269 e. The molecule has 3 aromatic heterocycles. The predicted molar refractivity (Wildman–Crippen MR) is 92.2 cm³/mol. The van der Waals surface area contributed by atoms with Crippen molar-refractivity contribution in [3.05, 3.63) is 64.8 Å². The largest absolute Gasteiger partial charge is 0.364 e. The summed E-state index contributed by atoms with van der Waals surface area (Å²) in [6.07, 6.45) is 4.74. The Labute approximate surface area is 148 Å². The van der Waals surface area contributed by atoms with Gasteiger partial charge in [0, 0.05) is 43.2 Å². The third-order valence-electron chi connectivity index (χ3n) is 3.57. The van der Waals surface area contributed by atoms with Gasteiger partial charge in [0.05, 0.1) is 10.7 Å². The first-order chi connectivity index (χ1) is 12.0. The van der Waals surface area contributed by atoms with Crippen molar-refractivity contribution >= 4 is 23.3 Å². The third-order valence-corrected chi connectivity index (χ3v) is 3.90. The molecule has 0 saturated carbocycles. The normalized spacial score (nSPS) is 10.6. The number of nitrogens with zero attached hydrogens (tertiary/aromatic N) is 4. The first-order valence-electron chi connectivity index (χ1n) is 7.38. The van der Waals surface area contributed by atoms with Crippen molar-refractivity contribution in [1.82, 2.24) is 19.7 Å². The molecule has 0 spiro atoms. The van der Waals surface area contributed by atoms with Crippen LogP contribution in [0.5, 0.6) is 0 Å². The van der Waals surface area contributed by atoms with Crippen molar-refractivity contribution in [3.8, 4) is 11.3 Å². The minimum Gasteiger partial charge on any atom is -0.364 e. The van der Waals surface area contributed by atoms with E-state index in [9.17, 15) is 9.59 Å². The molecule has 0 aliphatic carbocycles. The van der Waals surface area contributed by atoms with E-state index in [1.165, 1.54) is 4.68 Å². The van der Waals surface area contributed by atoms with Crippen LogP contribution in [0.15, 0.2) is 42.9 Å². The molecule has 0 aromatic carbocycles. The molecule has 0 fully saturated rings. The summed E-state index contributed by atoms with van der Waals surface area (Å²) < 4.78 is 1.45. The summed E-state index contributed by atoms with van der Waals surface area (Å²) in [6, 6.07) is 6.73. The Morgan fingerprint density at radius 2 is 2.08 bits per heavy atom. The van der Waals surface area contributed by atoms with Gasteiger partial charge < -0.3 is 5.73 Å². The maximum absolute atomic E-state index is 12.6. The van der Waals surface area contributed by atoms with E-state index in [0.29, 0.717) is 21.8 Å².